The van der Waals surface area contributed by atoms with Gasteiger partial charge >= 0.3 is 11.9 Å². The zero-order valence-corrected chi connectivity index (χ0v) is 17.1. The van der Waals surface area contributed by atoms with Gasteiger partial charge in [-0.3, -0.25) is 0 Å². The molecule has 14 atom stereocenters. The topological polar surface area (TPSA) is 283 Å². The molecule has 3 aliphatic heterocycles. The zero-order valence-electron chi connectivity index (χ0n) is 17.1. The molecule has 0 amide bonds. The molecule has 17 heteroatoms. The van der Waals surface area contributed by atoms with E-state index in [1.807, 2.05) is 0 Å². The number of aliphatic carboxylic acids is 2. The van der Waals surface area contributed by atoms with Crippen LogP contribution >= 0.6 is 0 Å². The summed E-state index contributed by atoms with van der Waals surface area (Å²) in [5.41, 5.74) is 0. The standard InChI is InChI=1S/C17H26O17/c18-2-1-30-15(29)8(24)9(2)31-17-7(23)5(21)10(12(34-17)14(27)28)32-16-6(22)3(19)4(20)11(33-16)13(25)26/h2-12,15-24,29H,1H2,(H,25,26)(H,27,28)/t2-,3+,4-,5-,6-,7-,8-,9+,10-,11+,12+,15?,16?,17?/m1/s1. The molecule has 0 radical (unpaired) electrons. The Bertz CT molecular complexity index is 735. The first-order chi connectivity index (χ1) is 15.8. The van der Waals surface area contributed by atoms with Crippen molar-refractivity contribution >= 4 is 11.9 Å². The lowest BCUT2D eigenvalue weighted by Crippen LogP contribution is -2.66. The van der Waals surface area contributed by atoms with Crippen molar-refractivity contribution in [1.29, 1.82) is 0 Å². The van der Waals surface area contributed by atoms with Crippen molar-refractivity contribution in [2.24, 2.45) is 0 Å². The van der Waals surface area contributed by atoms with Gasteiger partial charge in [0.05, 0.1) is 6.61 Å². The Morgan fingerprint density at radius 3 is 1.68 bits per heavy atom. The monoisotopic (exact) mass is 502 g/mol. The molecule has 3 unspecified atom stereocenters. The average molecular weight is 502 g/mol. The molecule has 0 spiro atoms. The maximum Gasteiger partial charge on any atom is 0.335 e. The molecule has 17 nitrogen and oxygen atoms in total. The number of carbonyl (C=O) groups is 2. The minimum absolute atomic E-state index is 0.488. The maximum atomic E-state index is 11.7. The van der Waals surface area contributed by atoms with Crippen LogP contribution in [0.4, 0.5) is 0 Å². The van der Waals surface area contributed by atoms with Crippen molar-refractivity contribution in [2.45, 2.75) is 86.0 Å². The van der Waals surface area contributed by atoms with Gasteiger partial charge in [-0.05, 0) is 0 Å². The van der Waals surface area contributed by atoms with E-state index in [9.17, 15) is 55.5 Å². The molecular weight excluding hydrogens is 476 g/mol. The van der Waals surface area contributed by atoms with Gasteiger partial charge in [0.1, 0.15) is 54.9 Å². The number of ether oxygens (including phenoxy) is 5. The summed E-state index contributed by atoms with van der Waals surface area (Å²) in [5.74, 6) is -3.52. The lowest BCUT2D eigenvalue weighted by Gasteiger charge is -2.46. The minimum atomic E-state index is -2.15. The number of carboxylic acids is 2. The summed E-state index contributed by atoms with van der Waals surface area (Å²) in [6, 6.07) is 0. The second-order valence-corrected chi connectivity index (χ2v) is 7.96. The average Bonchev–Trinajstić information content (AvgIpc) is 2.77. The molecule has 3 saturated heterocycles. The highest BCUT2D eigenvalue weighted by atomic mass is 16.8. The van der Waals surface area contributed by atoms with E-state index in [-0.39, 0.29) is 0 Å². The maximum absolute atomic E-state index is 11.7. The zero-order chi connectivity index (χ0) is 25.5. The van der Waals surface area contributed by atoms with Crippen molar-refractivity contribution < 1.29 is 84.3 Å². The van der Waals surface area contributed by atoms with Crippen molar-refractivity contribution in [3.63, 3.8) is 0 Å². The van der Waals surface area contributed by atoms with E-state index in [4.69, 9.17) is 24.1 Å². The summed E-state index contributed by atoms with van der Waals surface area (Å²) in [6.07, 6.45) is -27.6. The normalized spacial score (nSPS) is 50.0. The molecule has 0 saturated carbocycles. The molecule has 34 heavy (non-hydrogen) atoms. The Kier molecular flexibility index (Phi) is 8.41. The van der Waals surface area contributed by atoms with Crippen molar-refractivity contribution in [2.75, 3.05) is 6.61 Å². The van der Waals surface area contributed by atoms with Crippen LogP contribution in [0.5, 0.6) is 0 Å². The molecular formula is C17H26O17. The van der Waals surface area contributed by atoms with Gasteiger partial charge in [0.25, 0.3) is 0 Å². The predicted molar refractivity (Wildman–Crippen MR) is 96.3 cm³/mol. The van der Waals surface area contributed by atoms with Crippen LogP contribution < -0.4 is 0 Å². The molecule has 3 heterocycles. The van der Waals surface area contributed by atoms with Gasteiger partial charge in [-0.25, -0.2) is 9.59 Å². The van der Waals surface area contributed by atoms with Crippen molar-refractivity contribution in [1.82, 2.24) is 0 Å². The number of rotatable bonds is 6. The van der Waals surface area contributed by atoms with Gasteiger partial charge in [-0.15, -0.1) is 0 Å². The van der Waals surface area contributed by atoms with E-state index in [1.165, 1.54) is 0 Å². The largest absolute Gasteiger partial charge is 0.479 e. The van der Waals surface area contributed by atoms with E-state index in [2.05, 4.69) is 4.74 Å². The van der Waals surface area contributed by atoms with Crippen LogP contribution in [0.2, 0.25) is 0 Å². The van der Waals surface area contributed by atoms with Crippen LogP contribution in [-0.4, -0.2) is 156 Å². The summed E-state index contributed by atoms with van der Waals surface area (Å²) < 4.78 is 25.0. The summed E-state index contributed by atoms with van der Waals surface area (Å²) in [5, 5.41) is 98.6. The molecule has 0 aromatic rings. The summed E-state index contributed by atoms with van der Waals surface area (Å²) >= 11 is 0. The van der Waals surface area contributed by atoms with E-state index >= 15 is 0 Å². The van der Waals surface area contributed by atoms with Crippen LogP contribution in [0.3, 0.4) is 0 Å². The fourth-order valence-corrected chi connectivity index (χ4v) is 3.73. The highest BCUT2D eigenvalue weighted by Crippen LogP contribution is 2.31. The Balaban J connectivity index is 1.77. The van der Waals surface area contributed by atoms with Crippen LogP contribution in [0, 0.1) is 0 Å². The number of hydrogen-bond donors (Lipinski definition) is 10. The number of aliphatic hydroxyl groups is 8. The van der Waals surface area contributed by atoms with Crippen LogP contribution in [0.1, 0.15) is 0 Å². The smallest absolute Gasteiger partial charge is 0.335 e. The fraction of sp³-hybridized carbons (Fsp3) is 0.882. The van der Waals surface area contributed by atoms with Gasteiger partial charge in [0.15, 0.2) is 31.1 Å². The van der Waals surface area contributed by atoms with Crippen LogP contribution in [0.15, 0.2) is 0 Å². The second kappa shape index (κ2) is 10.6. The number of hydrogen-bond acceptors (Lipinski definition) is 15. The lowest BCUT2D eigenvalue weighted by molar-refractivity contribution is -0.366. The molecule has 3 aliphatic rings. The van der Waals surface area contributed by atoms with E-state index in [1.54, 1.807) is 0 Å². The number of aliphatic hydroxyl groups excluding tert-OH is 8. The molecule has 0 bridgehead atoms. The highest BCUT2D eigenvalue weighted by Gasteiger charge is 2.55. The quantitative estimate of drug-likeness (QED) is 0.161. The Labute approximate surface area is 189 Å². The van der Waals surface area contributed by atoms with E-state index in [0.717, 1.165) is 0 Å². The van der Waals surface area contributed by atoms with Crippen LogP contribution in [0.25, 0.3) is 0 Å². The van der Waals surface area contributed by atoms with Gasteiger partial charge in [0, 0.05) is 0 Å². The molecule has 196 valence electrons. The first-order valence-electron chi connectivity index (χ1n) is 9.98. The van der Waals surface area contributed by atoms with Gasteiger partial charge in [0.2, 0.25) is 0 Å². The van der Waals surface area contributed by atoms with Crippen molar-refractivity contribution in [3.05, 3.63) is 0 Å². The minimum Gasteiger partial charge on any atom is -0.479 e. The summed E-state index contributed by atoms with van der Waals surface area (Å²) in [4.78, 5) is 23.0. The molecule has 0 aromatic carbocycles. The van der Waals surface area contributed by atoms with Gasteiger partial charge < -0.3 is 74.7 Å². The number of carboxylic acid groups (broad SMARTS) is 2. The van der Waals surface area contributed by atoms with Crippen molar-refractivity contribution in [3.8, 4) is 0 Å². The third kappa shape index (κ3) is 5.16. The predicted octanol–water partition coefficient (Wildman–Crippen LogP) is -6.75. The fourth-order valence-electron chi connectivity index (χ4n) is 3.73. The van der Waals surface area contributed by atoms with Gasteiger partial charge in [-0.2, -0.15) is 0 Å². The summed E-state index contributed by atoms with van der Waals surface area (Å²) in [6.45, 7) is -0.488. The molecule has 0 aliphatic carbocycles. The van der Waals surface area contributed by atoms with Crippen LogP contribution in [-0.2, 0) is 33.3 Å². The second-order valence-electron chi connectivity index (χ2n) is 7.96. The first-order valence-corrected chi connectivity index (χ1v) is 9.98. The summed E-state index contributed by atoms with van der Waals surface area (Å²) in [7, 11) is 0. The Hall–Kier alpha value is -1.58. The highest BCUT2D eigenvalue weighted by molar-refractivity contribution is 5.74. The third-order valence-corrected chi connectivity index (χ3v) is 5.63. The first kappa shape index (κ1) is 27.0. The third-order valence-electron chi connectivity index (χ3n) is 5.63. The Morgan fingerprint density at radius 2 is 1.12 bits per heavy atom. The molecule has 0 aromatic heterocycles. The van der Waals surface area contributed by atoms with E-state index < -0.39 is 105 Å². The lowest BCUT2D eigenvalue weighted by atomic mass is 9.96. The molecule has 10 N–H and O–H groups in total. The van der Waals surface area contributed by atoms with Gasteiger partial charge in [-0.1, -0.05) is 0 Å². The van der Waals surface area contributed by atoms with E-state index in [0.29, 0.717) is 0 Å². The SMILES string of the molecule is O=C(O)[C@H]1OC(O[C@@H]2[C@H](O)[C@@H](O)C(O[C@H]3[C@H](O)COC(O)[C@@H]3O)O[C@@H]2C(=O)O)[C@H](O)[C@@H](O)[C@H]1O. The molecule has 3 fully saturated rings. The molecule has 3 rings (SSSR count). The Morgan fingerprint density at radius 1 is 0.618 bits per heavy atom.